The average molecular weight is 158 g/mol. The van der Waals surface area contributed by atoms with Crippen molar-refractivity contribution >= 4 is 0 Å². The summed E-state index contributed by atoms with van der Waals surface area (Å²) in [6.07, 6.45) is 3.47. The van der Waals surface area contributed by atoms with Crippen molar-refractivity contribution in [2.75, 3.05) is 13.2 Å². The van der Waals surface area contributed by atoms with Gasteiger partial charge in [-0.25, -0.2) is 0 Å². The molecular weight excluding hydrogens is 144 g/mol. The summed E-state index contributed by atoms with van der Waals surface area (Å²) in [5, 5.41) is 9.61. The van der Waals surface area contributed by atoms with Gasteiger partial charge in [-0.3, -0.25) is 0 Å². The van der Waals surface area contributed by atoms with Crippen LogP contribution >= 0.6 is 0 Å². The zero-order chi connectivity index (χ0) is 7.73. The van der Waals surface area contributed by atoms with E-state index in [0.717, 1.165) is 25.7 Å². The van der Waals surface area contributed by atoms with E-state index < -0.39 is 11.9 Å². The molecule has 64 valence electrons. The number of hydrogen-bond donors (Lipinski definition) is 1. The Morgan fingerprint density at radius 1 is 1.18 bits per heavy atom. The summed E-state index contributed by atoms with van der Waals surface area (Å²) in [7, 11) is 0. The molecule has 3 nitrogen and oxygen atoms in total. The first kappa shape index (κ1) is 7.53. The normalized spacial score (nSPS) is 36.3. The summed E-state index contributed by atoms with van der Waals surface area (Å²) in [4.78, 5) is 0. The maximum absolute atomic E-state index is 9.61. The van der Waals surface area contributed by atoms with E-state index >= 15 is 0 Å². The van der Waals surface area contributed by atoms with E-state index in [1.54, 1.807) is 0 Å². The third-order valence-electron chi connectivity index (χ3n) is 2.54. The zero-order valence-corrected chi connectivity index (χ0v) is 6.58. The van der Waals surface area contributed by atoms with E-state index in [-0.39, 0.29) is 0 Å². The van der Waals surface area contributed by atoms with Crippen LogP contribution in [0.25, 0.3) is 0 Å². The van der Waals surface area contributed by atoms with Crippen LogP contribution in [-0.2, 0) is 9.47 Å². The van der Waals surface area contributed by atoms with Crippen LogP contribution in [0.4, 0.5) is 0 Å². The van der Waals surface area contributed by atoms with E-state index in [4.69, 9.17) is 9.47 Å². The second-order valence-corrected chi connectivity index (χ2v) is 3.27. The van der Waals surface area contributed by atoms with Crippen LogP contribution in [0, 0.1) is 0 Å². The molecule has 1 unspecified atom stereocenters. The predicted molar refractivity (Wildman–Crippen MR) is 39.1 cm³/mol. The number of aliphatic hydroxyl groups is 1. The van der Waals surface area contributed by atoms with Crippen molar-refractivity contribution < 1.29 is 14.6 Å². The molecule has 11 heavy (non-hydrogen) atoms. The van der Waals surface area contributed by atoms with Crippen molar-refractivity contribution in [3.8, 4) is 0 Å². The highest BCUT2D eigenvalue weighted by molar-refractivity contribution is 4.86. The Morgan fingerprint density at radius 3 is 2.55 bits per heavy atom. The fraction of sp³-hybridized carbons (Fsp3) is 1.00. The number of hydrogen-bond acceptors (Lipinski definition) is 3. The van der Waals surface area contributed by atoms with Crippen molar-refractivity contribution in [1.29, 1.82) is 0 Å². The highest BCUT2D eigenvalue weighted by Crippen LogP contribution is 2.35. The monoisotopic (exact) mass is 158 g/mol. The zero-order valence-electron chi connectivity index (χ0n) is 6.58. The molecule has 1 N–H and O–H groups in total. The minimum atomic E-state index is -0.613. The van der Waals surface area contributed by atoms with Gasteiger partial charge in [0.25, 0.3) is 0 Å². The number of rotatable bonds is 0. The molecule has 1 spiro atoms. The number of aliphatic hydroxyl groups excluding tert-OH is 1. The van der Waals surface area contributed by atoms with Crippen molar-refractivity contribution in [3.05, 3.63) is 0 Å². The van der Waals surface area contributed by atoms with Crippen LogP contribution in [0.3, 0.4) is 0 Å². The van der Waals surface area contributed by atoms with Gasteiger partial charge in [0.15, 0.2) is 5.79 Å². The van der Waals surface area contributed by atoms with E-state index in [9.17, 15) is 5.11 Å². The lowest BCUT2D eigenvalue weighted by Crippen LogP contribution is -2.45. The molecule has 3 heteroatoms. The van der Waals surface area contributed by atoms with Gasteiger partial charge in [0.2, 0.25) is 0 Å². The molecule has 1 atom stereocenters. The molecule has 1 aliphatic heterocycles. The van der Waals surface area contributed by atoms with Crippen molar-refractivity contribution in [1.82, 2.24) is 0 Å². The third kappa shape index (κ3) is 1.17. The molecule has 1 aliphatic carbocycles. The SMILES string of the molecule is OC1CCCCC12OCCO2. The van der Waals surface area contributed by atoms with Crippen LogP contribution < -0.4 is 0 Å². The highest BCUT2D eigenvalue weighted by atomic mass is 16.7. The first-order valence-corrected chi connectivity index (χ1v) is 4.29. The Balaban J connectivity index is 2.07. The van der Waals surface area contributed by atoms with Crippen LogP contribution in [0.5, 0.6) is 0 Å². The minimum Gasteiger partial charge on any atom is -0.388 e. The molecule has 1 saturated carbocycles. The molecule has 0 amide bonds. The van der Waals surface area contributed by atoms with E-state index in [2.05, 4.69) is 0 Å². The van der Waals surface area contributed by atoms with Gasteiger partial charge in [-0.1, -0.05) is 6.42 Å². The molecular formula is C8H14O3. The summed E-state index contributed by atoms with van der Waals surface area (Å²) in [5.41, 5.74) is 0. The largest absolute Gasteiger partial charge is 0.388 e. The second kappa shape index (κ2) is 2.73. The second-order valence-electron chi connectivity index (χ2n) is 3.27. The van der Waals surface area contributed by atoms with Gasteiger partial charge < -0.3 is 14.6 Å². The third-order valence-corrected chi connectivity index (χ3v) is 2.54. The van der Waals surface area contributed by atoms with Crippen LogP contribution in [0.2, 0.25) is 0 Å². The molecule has 0 aromatic rings. The average Bonchev–Trinajstić information content (AvgIpc) is 2.46. The summed E-state index contributed by atoms with van der Waals surface area (Å²) < 4.78 is 10.8. The molecule has 0 aromatic heterocycles. The van der Waals surface area contributed by atoms with Crippen LogP contribution in [0.1, 0.15) is 25.7 Å². The highest BCUT2D eigenvalue weighted by Gasteiger charge is 2.44. The van der Waals surface area contributed by atoms with Crippen LogP contribution in [0.15, 0.2) is 0 Å². The fourth-order valence-electron chi connectivity index (χ4n) is 1.90. The first-order chi connectivity index (χ1) is 5.33. The Morgan fingerprint density at radius 2 is 1.91 bits per heavy atom. The van der Waals surface area contributed by atoms with E-state index in [1.807, 2.05) is 0 Å². The summed E-state index contributed by atoms with van der Waals surface area (Å²) in [6.45, 7) is 1.27. The number of ether oxygens (including phenoxy) is 2. The molecule has 1 heterocycles. The molecule has 2 fully saturated rings. The summed E-state index contributed by atoms with van der Waals surface area (Å²) in [5.74, 6) is -0.613. The standard InChI is InChI=1S/C8H14O3/c9-7-3-1-2-4-8(7)10-5-6-11-8/h7,9H,1-6H2. The van der Waals surface area contributed by atoms with Gasteiger partial charge in [0.05, 0.1) is 13.2 Å². The van der Waals surface area contributed by atoms with Gasteiger partial charge >= 0.3 is 0 Å². The maximum atomic E-state index is 9.61. The van der Waals surface area contributed by atoms with Gasteiger partial charge in [0, 0.05) is 6.42 Å². The molecule has 0 aromatic carbocycles. The molecule has 2 rings (SSSR count). The smallest absolute Gasteiger partial charge is 0.194 e. The quantitative estimate of drug-likeness (QED) is 0.563. The minimum absolute atomic E-state index is 0.404. The van der Waals surface area contributed by atoms with E-state index in [0.29, 0.717) is 13.2 Å². The molecule has 0 bridgehead atoms. The lowest BCUT2D eigenvalue weighted by Gasteiger charge is -2.35. The molecule has 1 saturated heterocycles. The topological polar surface area (TPSA) is 38.7 Å². The Bertz CT molecular complexity index is 140. The van der Waals surface area contributed by atoms with Gasteiger partial charge in [-0.05, 0) is 12.8 Å². The van der Waals surface area contributed by atoms with Gasteiger partial charge in [-0.15, -0.1) is 0 Å². The lowest BCUT2D eigenvalue weighted by atomic mass is 9.91. The Kier molecular flexibility index (Phi) is 1.87. The maximum Gasteiger partial charge on any atom is 0.194 e. The summed E-state index contributed by atoms with van der Waals surface area (Å²) >= 11 is 0. The Hall–Kier alpha value is -0.120. The van der Waals surface area contributed by atoms with Crippen molar-refractivity contribution in [2.24, 2.45) is 0 Å². The molecule has 2 aliphatic rings. The van der Waals surface area contributed by atoms with Gasteiger partial charge in [-0.2, -0.15) is 0 Å². The predicted octanol–water partition coefficient (Wildman–Crippen LogP) is 0.664. The van der Waals surface area contributed by atoms with Crippen molar-refractivity contribution in [2.45, 2.75) is 37.6 Å². The lowest BCUT2D eigenvalue weighted by molar-refractivity contribution is -0.235. The fourth-order valence-corrected chi connectivity index (χ4v) is 1.90. The Labute approximate surface area is 66.3 Å². The van der Waals surface area contributed by atoms with Crippen molar-refractivity contribution in [3.63, 3.8) is 0 Å². The summed E-state index contributed by atoms with van der Waals surface area (Å²) in [6, 6.07) is 0. The van der Waals surface area contributed by atoms with Crippen LogP contribution in [-0.4, -0.2) is 30.2 Å². The molecule has 0 radical (unpaired) electrons. The van der Waals surface area contributed by atoms with E-state index in [1.165, 1.54) is 0 Å². The van der Waals surface area contributed by atoms with Gasteiger partial charge in [0.1, 0.15) is 6.10 Å². The first-order valence-electron chi connectivity index (χ1n) is 4.29.